The van der Waals surface area contributed by atoms with E-state index in [2.05, 4.69) is 25.3 Å². The number of ether oxygens (including phenoxy) is 4. The van der Waals surface area contributed by atoms with Crippen molar-refractivity contribution in [2.24, 2.45) is 23.7 Å². The average Bonchev–Trinajstić information content (AvgIpc) is 2.84. The second-order valence-corrected chi connectivity index (χ2v) is 8.87. The number of rotatable bonds is 12. The normalized spacial score (nSPS) is 23.3. The first kappa shape index (κ1) is 34.6. The van der Waals surface area contributed by atoms with Crippen LogP contribution in [0.25, 0.3) is 0 Å². The van der Waals surface area contributed by atoms with E-state index in [1.54, 1.807) is 0 Å². The van der Waals surface area contributed by atoms with Gasteiger partial charge in [-0.05, 0) is 75.0 Å². The van der Waals surface area contributed by atoms with Crippen LogP contribution in [0.15, 0.2) is 13.2 Å². The van der Waals surface area contributed by atoms with E-state index in [0.29, 0.717) is 25.0 Å². The molecule has 0 saturated heterocycles. The van der Waals surface area contributed by atoms with Crippen molar-refractivity contribution in [3.63, 3.8) is 0 Å². The summed E-state index contributed by atoms with van der Waals surface area (Å²) in [6, 6.07) is 0. The number of carbonyl (C=O) groups is 4. The molecular formula is C25H34O8Y2-2. The van der Waals surface area contributed by atoms with E-state index < -0.39 is 23.9 Å². The molecule has 0 amide bonds. The summed E-state index contributed by atoms with van der Waals surface area (Å²) in [6.07, 6.45) is 11.1. The van der Waals surface area contributed by atoms with Crippen molar-refractivity contribution in [1.29, 1.82) is 0 Å². The van der Waals surface area contributed by atoms with Gasteiger partial charge in [0.05, 0.1) is 26.4 Å². The molecule has 2 aliphatic carbocycles. The smallest absolute Gasteiger partial charge is 0.317 e. The van der Waals surface area contributed by atoms with E-state index in [-0.39, 0.29) is 96.9 Å². The largest absolute Gasteiger partial charge is 0.490 e. The van der Waals surface area contributed by atoms with Gasteiger partial charge in [0, 0.05) is 65.4 Å². The Morgan fingerprint density at radius 2 is 0.800 bits per heavy atom. The van der Waals surface area contributed by atoms with Crippen molar-refractivity contribution in [2.75, 3.05) is 26.4 Å². The molecule has 0 spiro atoms. The molecule has 0 heterocycles. The maximum Gasteiger partial charge on any atom is 0.317 e. The third-order valence-corrected chi connectivity index (χ3v) is 6.37. The Morgan fingerprint density at radius 3 is 1.06 bits per heavy atom. The SMILES string of the molecule is C=[C-]C(=O)OCC1CCC(COC(=O)CC(=O)OCC2CCC(COC(=O)[C-]=C)CC2)CC1.[Y].[Y]. The van der Waals surface area contributed by atoms with E-state index in [1.165, 1.54) is 0 Å². The van der Waals surface area contributed by atoms with Gasteiger partial charge in [-0.1, -0.05) is 0 Å². The van der Waals surface area contributed by atoms with E-state index >= 15 is 0 Å². The Labute approximate surface area is 258 Å². The molecule has 2 radical (unpaired) electrons. The van der Waals surface area contributed by atoms with Crippen molar-refractivity contribution in [1.82, 2.24) is 0 Å². The van der Waals surface area contributed by atoms with Crippen molar-refractivity contribution >= 4 is 23.9 Å². The van der Waals surface area contributed by atoms with Crippen LogP contribution in [-0.2, 0) is 104 Å². The fraction of sp³-hybridized carbons (Fsp3) is 0.680. The van der Waals surface area contributed by atoms with Crippen LogP contribution in [0.3, 0.4) is 0 Å². The molecule has 0 atom stereocenters. The molecule has 0 bridgehead atoms. The second-order valence-electron chi connectivity index (χ2n) is 8.87. The molecule has 2 rings (SSSR count). The molecule has 0 N–H and O–H groups in total. The van der Waals surface area contributed by atoms with Gasteiger partial charge in [0.15, 0.2) is 0 Å². The Balaban J connectivity index is 0.00000578. The summed E-state index contributed by atoms with van der Waals surface area (Å²) >= 11 is 0. The van der Waals surface area contributed by atoms with Gasteiger partial charge in [0.25, 0.3) is 0 Å². The van der Waals surface area contributed by atoms with Gasteiger partial charge in [-0.25, -0.2) is 0 Å². The van der Waals surface area contributed by atoms with Crippen molar-refractivity contribution < 1.29 is 104 Å². The van der Waals surface area contributed by atoms with Gasteiger partial charge >= 0.3 is 11.9 Å². The topological polar surface area (TPSA) is 105 Å². The van der Waals surface area contributed by atoms with E-state index in [4.69, 9.17) is 18.9 Å². The van der Waals surface area contributed by atoms with Gasteiger partial charge < -0.3 is 31.1 Å². The van der Waals surface area contributed by atoms with Gasteiger partial charge in [-0.15, -0.1) is 0 Å². The predicted octanol–water partition coefficient (Wildman–Crippen LogP) is 3.14. The zero-order chi connectivity index (χ0) is 24.1. The minimum atomic E-state index is -0.567. The molecule has 2 fully saturated rings. The molecular weight excluding hydrogens is 606 g/mol. The minimum Gasteiger partial charge on any atom is -0.490 e. The Morgan fingerprint density at radius 1 is 0.543 bits per heavy atom. The second kappa shape index (κ2) is 19.6. The maximum absolute atomic E-state index is 12.0. The molecule has 35 heavy (non-hydrogen) atoms. The summed E-state index contributed by atoms with van der Waals surface area (Å²) < 4.78 is 20.6. The number of carbonyl (C=O) groups excluding carboxylic acids is 4. The van der Waals surface area contributed by atoms with Crippen LogP contribution in [0, 0.1) is 35.8 Å². The first-order valence-electron chi connectivity index (χ1n) is 11.6. The number of hydrogen-bond acceptors (Lipinski definition) is 8. The van der Waals surface area contributed by atoms with Crippen LogP contribution in [-0.4, -0.2) is 50.3 Å². The molecule has 0 aromatic rings. The molecule has 2 saturated carbocycles. The summed E-state index contributed by atoms with van der Waals surface area (Å²) in [7, 11) is 0. The third kappa shape index (κ3) is 14.8. The molecule has 0 aromatic carbocycles. The quantitative estimate of drug-likeness (QED) is 0.105. The molecule has 0 aliphatic heterocycles. The Hall–Kier alpha value is -0.432. The van der Waals surface area contributed by atoms with Crippen molar-refractivity contribution in [3.05, 3.63) is 25.3 Å². The van der Waals surface area contributed by atoms with Crippen molar-refractivity contribution in [2.45, 2.75) is 57.8 Å². The van der Waals surface area contributed by atoms with Crippen LogP contribution in [0.1, 0.15) is 57.8 Å². The summed E-state index contributed by atoms with van der Waals surface area (Å²) in [5.74, 6) is -1.08. The third-order valence-electron chi connectivity index (χ3n) is 6.37. The molecule has 0 aromatic heterocycles. The van der Waals surface area contributed by atoms with Gasteiger partial charge in [0.1, 0.15) is 18.4 Å². The fourth-order valence-electron chi connectivity index (χ4n) is 4.26. The predicted molar refractivity (Wildman–Crippen MR) is 117 cm³/mol. The van der Waals surface area contributed by atoms with Gasteiger partial charge in [-0.3, -0.25) is 32.3 Å². The summed E-state index contributed by atoms with van der Waals surface area (Å²) in [5.41, 5.74) is 0. The summed E-state index contributed by atoms with van der Waals surface area (Å²) in [4.78, 5) is 46.1. The van der Waals surface area contributed by atoms with E-state index in [0.717, 1.165) is 51.4 Å². The van der Waals surface area contributed by atoms with Crippen LogP contribution in [0.5, 0.6) is 0 Å². The van der Waals surface area contributed by atoms with Crippen LogP contribution in [0.2, 0.25) is 0 Å². The molecule has 8 nitrogen and oxygen atoms in total. The Kier molecular flexibility index (Phi) is 19.4. The van der Waals surface area contributed by atoms with Crippen LogP contribution >= 0.6 is 0 Å². The van der Waals surface area contributed by atoms with Gasteiger partial charge in [-0.2, -0.15) is 0 Å². The van der Waals surface area contributed by atoms with E-state index in [1.807, 2.05) is 0 Å². The number of hydrogen-bond donors (Lipinski definition) is 0. The average molecular weight is 640 g/mol. The zero-order valence-electron chi connectivity index (χ0n) is 20.3. The van der Waals surface area contributed by atoms with E-state index in [9.17, 15) is 19.2 Å². The summed E-state index contributed by atoms with van der Waals surface area (Å²) in [6.45, 7) is 7.81. The monoisotopic (exact) mass is 640 g/mol. The zero-order valence-corrected chi connectivity index (χ0v) is 26.0. The van der Waals surface area contributed by atoms with Crippen LogP contribution in [0.4, 0.5) is 0 Å². The number of esters is 4. The first-order chi connectivity index (χ1) is 15.9. The fourth-order valence-corrected chi connectivity index (χ4v) is 4.26. The molecule has 0 unspecified atom stereocenters. The molecule has 190 valence electrons. The summed E-state index contributed by atoms with van der Waals surface area (Å²) in [5, 5.41) is 0. The van der Waals surface area contributed by atoms with Crippen LogP contribution < -0.4 is 0 Å². The first-order valence-corrected chi connectivity index (χ1v) is 11.6. The molecule has 2 aliphatic rings. The minimum absolute atomic E-state index is 0. The van der Waals surface area contributed by atoms with Gasteiger partial charge in [0.2, 0.25) is 0 Å². The van der Waals surface area contributed by atoms with Crippen molar-refractivity contribution in [3.8, 4) is 0 Å². The Bertz CT molecular complexity index is 638. The maximum atomic E-state index is 12.0. The standard InChI is InChI=1S/C25H34O8.2Y/c1-3-22(26)30-14-18-5-9-20(10-6-18)16-32-24(28)13-25(29)33-17-21-11-7-19(8-12-21)15-31-23(27)4-2;;/h18-21H,1-2,5-17H2;;/q-2;;. The molecule has 10 heteroatoms.